The largest absolute Gasteiger partial charge is 0.481 e. The zero-order chi connectivity index (χ0) is 15.5. The van der Waals surface area contributed by atoms with E-state index in [0.29, 0.717) is 30.7 Å². The first-order valence-corrected chi connectivity index (χ1v) is 7.12. The number of carbonyl (C=O) groups is 2. The predicted molar refractivity (Wildman–Crippen MR) is 75.2 cm³/mol. The number of rotatable bonds is 6. The summed E-state index contributed by atoms with van der Waals surface area (Å²) in [7, 11) is 1.48. The average molecular weight is 295 g/mol. The molecule has 0 saturated carbocycles. The molecule has 1 atom stereocenters. The van der Waals surface area contributed by atoms with Crippen LogP contribution in [0.25, 0.3) is 0 Å². The molecular formula is C15H21NO5. The van der Waals surface area contributed by atoms with E-state index in [1.807, 2.05) is 6.92 Å². The molecule has 0 bridgehead atoms. The van der Waals surface area contributed by atoms with Crippen molar-refractivity contribution in [2.45, 2.75) is 26.2 Å². The number of likely N-dealkylation sites (tertiary alicyclic amines) is 1. The van der Waals surface area contributed by atoms with Gasteiger partial charge in [-0.3, -0.25) is 9.59 Å². The standard InChI is InChI=1S/C15H21NO5/c1-3-4-12-11(5-8-21-12)13(17)16-7-6-15(9-16,10-20-2)14(18)19/h5,8H,3-4,6-7,9-10H2,1-2H3,(H,18,19). The first-order chi connectivity index (χ1) is 10.0. The molecule has 1 aliphatic heterocycles. The van der Waals surface area contributed by atoms with Crippen LogP contribution in [0.3, 0.4) is 0 Å². The van der Waals surface area contributed by atoms with Crippen LogP contribution in [0.2, 0.25) is 0 Å². The van der Waals surface area contributed by atoms with Crippen molar-refractivity contribution < 1.29 is 23.8 Å². The van der Waals surface area contributed by atoms with Gasteiger partial charge in [-0.05, 0) is 18.9 Å². The van der Waals surface area contributed by atoms with E-state index in [9.17, 15) is 14.7 Å². The summed E-state index contributed by atoms with van der Waals surface area (Å²) in [5.74, 6) is -0.408. The van der Waals surface area contributed by atoms with Crippen LogP contribution in [0.5, 0.6) is 0 Å². The Bertz CT molecular complexity index is 524. The van der Waals surface area contributed by atoms with E-state index < -0.39 is 11.4 Å². The third kappa shape index (κ3) is 2.95. The number of carbonyl (C=O) groups excluding carboxylic acids is 1. The highest BCUT2D eigenvalue weighted by Crippen LogP contribution is 2.32. The maximum absolute atomic E-state index is 12.6. The van der Waals surface area contributed by atoms with Gasteiger partial charge < -0.3 is 19.2 Å². The number of aliphatic carboxylic acids is 1. The van der Waals surface area contributed by atoms with Gasteiger partial charge in [0.15, 0.2) is 0 Å². The second-order valence-electron chi connectivity index (χ2n) is 5.50. The third-order valence-electron chi connectivity index (χ3n) is 3.97. The highest BCUT2D eigenvalue weighted by Gasteiger charge is 2.46. The molecule has 0 aromatic carbocycles. The van der Waals surface area contributed by atoms with Crippen LogP contribution in [-0.2, 0) is 16.0 Å². The Morgan fingerprint density at radius 3 is 2.90 bits per heavy atom. The van der Waals surface area contributed by atoms with E-state index in [4.69, 9.17) is 9.15 Å². The summed E-state index contributed by atoms with van der Waals surface area (Å²) in [6.45, 7) is 2.72. The van der Waals surface area contributed by atoms with Gasteiger partial charge >= 0.3 is 5.97 Å². The number of methoxy groups -OCH3 is 1. The number of nitrogens with zero attached hydrogens (tertiary/aromatic N) is 1. The van der Waals surface area contributed by atoms with Crippen molar-refractivity contribution in [2.24, 2.45) is 5.41 Å². The maximum Gasteiger partial charge on any atom is 0.313 e. The van der Waals surface area contributed by atoms with E-state index in [0.717, 1.165) is 6.42 Å². The zero-order valence-corrected chi connectivity index (χ0v) is 12.4. The molecule has 2 rings (SSSR count). The lowest BCUT2D eigenvalue weighted by atomic mass is 9.88. The van der Waals surface area contributed by atoms with Crippen LogP contribution in [-0.4, -0.2) is 48.7 Å². The molecular weight excluding hydrogens is 274 g/mol. The Balaban J connectivity index is 2.15. The van der Waals surface area contributed by atoms with Crippen LogP contribution in [0, 0.1) is 5.41 Å². The molecule has 1 aliphatic rings. The summed E-state index contributed by atoms with van der Waals surface area (Å²) in [6, 6.07) is 1.66. The van der Waals surface area contributed by atoms with Gasteiger partial charge in [0.25, 0.3) is 5.91 Å². The Hall–Kier alpha value is -1.82. The number of hydrogen-bond acceptors (Lipinski definition) is 4. The lowest BCUT2D eigenvalue weighted by Gasteiger charge is -2.23. The van der Waals surface area contributed by atoms with Crippen LogP contribution >= 0.6 is 0 Å². The number of furan rings is 1. The van der Waals surface area contributed by atoms with E-state index in [-0.39, 0.29) is 19.1 Å². The molecule has 116 valence electrons. The van der Waals surface area contributed by atoms with Crippen molar-refractivity contribution in [3.8, 4) is 0 Å². The van der Waals surface area contributed by atoms with Crippen LogP contribution in [0.15, 0.2) is 16.7 Å². The molecule has 6 heteroatoms. The molecule has 1 saturated heterocycles. The van der Waals surface area contributed by atoms with E-state index in [1.54, 1.807) is 11.0 Å². The number of amides is 1. The van der Waals surface area contributed by atoms with Gasteiger partial charge in [-0.2, -0.15) is 0 Å². The van der Waals surface area contributed by atoms with Crippen molar-refractivity contribution in [3.63, 3.8) is 0 Å². The van der Waals surface area contributed by atoms with Gasteiger partial charge in [-0.15, -0.1) is 0 Å². The molecule has 1 unspecified atom stereocenters. The van der Waals surface area contributed by atoms with Gasteiger partial charge in [-0.25, -0.2) is 0 Å². The number of hydrogen-bond donors (Lipinski definition) is 1. The van der Waals surface area contributed by atoms with Gasteiger partial charge in [0.1, 0.15) is 11.2 Å². The molecule has 0 aliphatic carbocycles. The Kier molecular flexibility index (Phi) is 4.67. The predicted octanol–water partition coefficient (Wildman–Crippen LogP) is 1.80. The summed E-state index contributed by atoms with van der Waals surface area (Å²) in [4.78, 5) is 25.6. The Morgan fingerprint density at radius 1 is 1.52 bits per heavy atom. The molecule has 0 radical (unpaired) electrons. The summed E-state index contributed by atoms with van der Waals surface area (Å²) in [5.41, 5.74) is -0.463. The van der Waals surface area contributed by atoms with E-state index in [2.05, 4.69) is 0 Å². The maximum atomic E-state index is 12.6. The van der Waals surface area contributed by atoms with Gasteiger partial charge in [-0.1, -0.05) is 6.92 Å². The second kappa shape index (κ2) is 6.30. The lowest BCUT2D eigenvalue weighted by molar-refractivity contribution is -0.151. The smallest absolute Gasteiger partial charge is 0.313 e. The summed E-state index contributed by atoms with van der Waals surface area (Å²) < 4.78 is 10.4. The molecule has 1 N–H and O–H groups in total. The zero-order valence-electron chi connectivity index (χ0n) is 12.4. The Labute approximate surface area is 123 Å². The summed E-state index contributed by atoms with van der Waals surface area (Å²) in [5, 5.41) is 9.43. The molecule has 1 aromatic heterocycles. The highest BCUT2D eigenvalue weighted by molar-refractivity contribution is 5.96. The topological polar surface area (TPSA) is 80.0 Å². The highest BCUT2D eigenvalue weighted by atomic mass is 16.5. The number of aryl methyl sites for hydroxylation is 1. The lowest BCUT2D eigenvalue weighted by Crippen LogP contribution is -2.40. The van der Waals surface area contributed by atoms with Crippen LogP contribution < -0.4 is 0 Å². The summed E-state index contributed by atoms with van der Waals surface area (Å²) >= 11 is 0. The van der Waals surface area contributed by atoms with Crippen molar-refractivity contribution in [3.05, 3.63) is 23.7 Å². The first kappa shape index (κ1) is 15.6. The van der Waals surface area contributed by atoms with E-state index >= 15 is 0 Å². The number of carboxylic acids is 1. The SMILES string of the molecule is CCCc1occc1C(=O)N1CCC(COC)(C(=O)O)C1. The minimum Gasteiger partial charge on any atom is -0.481 e. The van der Waals surface area contributed by atoms with Gasteiger partial charge in [0, 0.05) is 26.6 Å². The van der Waals surface area contributed by atoms with Crippen molar-refractivity contribution in [1.82, 2.24) is 4.90 Å². The van der Waals surface area contributed by atoms with Crippen molar-refractivity contribution in [1.29, 1.82) is 0 Å². The van der Waals surface area contributed by atoms with Crippen molar-refractivity contribution in [2.75, 3.05) is 26.8 Å². The van der Waals surface area contributed by atoms with Gasteiger partial charge in [0.05, 0.1) is 18.4 Å². The number of ether oxygens (including phenoxy) is 1. The molecule has 2 heterocycles. The molecule has 21 heavy (non-hydrogen) atoms. The first-order valence-electron chi connectivity index (χ1n) is 7.12. The van der Waals surface area contributed by atoms with Crippen molar-refractivity contribution >= 4 is 11.9 Å². The minimum absolute atomic E-state index is 0.110. The quantitative estimate of drug-likeness (QED) is 0.865. The molecule has 1 amide bonds. The second-order valence-corrected chi connectivity index (χ2v) is 5.50. The molecule has 1 aromatic rings. The fraction of sp³-hybridized carbons (Fsp3) is 0.600. The van der Waals surface area contributed by atoms with Crippen LogP contribution in [0.4, 0.5) is 0 Å². The fourth-order valence-corrected chi connectivity index (χ4v) is 2.80. The minimum atomic E-state index is -1.00. The normalized spacial score (nSPS) is 21.7. The molecule has 6 nitrogen and oxygen atoms in total. The monoisotopic (exact) mass is 295 g/mol. The molecule has 0 spiro atoms. The molecule has 1 fully saturated rings. The number of carboxylic acid groups (broad SMARTS) is 1. The fourth-order valence-electron chi connectivity index (χ4n) is 2.80. The Morgan fingerprint density at radius 2 is 2.29 bits per heavy atom. The van der Waals surface area contributed by atoms with E-state index in [1.165, 1.54) is 13.4 Å². The average Bonchev–Trinajstić information content (AvgIpc) is 3.07. The third-order valence-corrected chi connectivity index (χ3v) is 3.97. The summed E-state index contributed by atoms with van der Waals surface area (Å²) in [6.07, 6.45) is 3.50. The van der Waals surface area contributed by atoms with Crippen LogP contribution in [0.1, 0.15) is 35.9 Å². The van der Waals surface area contributed by atoms with Gasteiger partial charge in [0.2, 0.25) is 0 Å².